The lowest BCUT2D eigenvalue weighted by molar-refractivity contribution is 0.0708. The number of carbonyl (C=O) groups excluding carboxylic acids is 1. The molecule has 5 heteroatoms. The van der Waals surface area contributed by atoms with E-state index >= 15 is 0 Å². The molecule has 1 aromatic carbocycles. The van der Waals surface area contributed by atoms with Crippen LogP contribution in [0.4, 0.5) is 0 Å². The van der Waals surface area contributed by atoms with Gasteiger partial charge in [0.2, 0.25) is 0 Å². The molecule has 0 saturated carbocycles. The van der Waals surface area contributed by atoms with Gasteiger partial charge in [-0.3, -0.25) is 4.79 Å². The Morgan fingerprint density at radius 1 is 1.44 bits per heavy atom. The van der Waals surface area contributed by atoms with Crippen LogP contribution in [-0.4, -0.2) is 29.9 Å². The largest absolute Gasteiger partial charge is 0.337 e. The fourth-order valence-corrected chi connectivity index (χ4v) is 2.53. The molecule has 0 radical (unpaired) electrons. The number of hydrogen-bond acceptors (Lipinski definition) is 2. The van der Waals surface area contributed by atoms with Gasteiger partial charge in [0, 0.05) is 29.7 Å². The second-order valence-electron chi connectivity index (χ2n) is 4.67. The quantitative estimate of drug-likeness (QED) is 0.864. The van der Waals surface area contributed by atoms with Crippen molar-refractivity contribution in [2.24, 2.45) is 5.73 Å². The number of amides is 1. The third-order valence-electron chi connectivity index (χ3n) is 3.03. The summed E-state index contributed by atoms with van der Waals surface area (Å²) in [7, 11) is 0. The number of aryl methyl sites for hydroxylation is 1. The minimum absolute atomic E-state index is 0. The molecule has 0 spiro atoms. The Morgan fingerprint density at radius 2 is 2.17 bits per heavy atom. The Labute approximate surface area is 119 Å². The minimum atomic E-state index is 0. The Morgan fingerprint density at radius 3 is 2.78 bits per heavy atom. The van der Waals surface area contributed by atoms with Crippen molar-refractivity contribution in [2.45, 2.75) is 25.8 Å². The number of nitrogens with zero attached hydrogens (tertiary/aromatic N) is 1. The molecule has 18 heavy (non-hydrogen) atoms. The highest BCUT2D eigenvalue weighted by Gasteiger charge is 2.22. The normalized spacial score (nSPS) is 19.3. The van der Waals surface area contributed by atoms with Gasteiger partial charge < -0.3 is 10.6 Å². The zero-order chi connectivity index (χ0) is 12.4. The third kappa shape index (κ3) is 3.61. The maximum atomic E-state index is 12.3. The SMILES string of the molecule is Cc1cc(Cl)cc(C(=O)N2CCC[C@@H](N)C2)c1.Cl. The van der Waals surface area contributed by atoms with E-state index in [-0.39, 0.29) is 24.4 Å². The third-order valence-corrected chi connectivity index (χ3v) is 3.25. The van der Waals surface area contributed by atoms with Crippen molar-refractivity contribution < 1.29 is 4.79 Å². The number of halogens is 2. The molecule has 100 valence electrons. The number of carbonyl (C=O) groups is 1. The Balaban J connectivity index is 0.00000162. The van der Waals surface area contributed by atoms with Crippen LogP contribution >= 0.6 is 24.0 Å². The monoisotopic (exact) mass is 288 g/mol. The van der Waals surface area contributed by atoms with E-state index in [2.05, 4.69) is 0 Å². The fourth-order valence-electron chi connectivity index (χ4n) is 2.24. The molecule has 1 fully saturated rings. The van der Waals surface area contributed by atoms with E-state index in [1.807, 2.05) is 24.0 Å². The summed E-state index contributed by atoms with van der Waals surface area (Å²) in [6.45, 7) is 3.37. The van der Waals surface area contributed by atoms with Crippen molar-refractivity contribution in [3.8, 4) is 0 Å². The molecule has 2 rings (SSSR count). The zero-order valence-corrected chi connectivity index (χ0v) is 11.9. The molecule has 0 aliphatic carbocycles. The first-order chi connectivity index (χ1) is 8.06. The second-order valence-corrected chi connectivity index (χ2v) is 5.11. The minimum Gasteiger partial charge on any atom is -0.337 e. The topological polar surface area (TPSA) is 46.3 Å². The average Bonchev–Trinajstić information content (AvgIpc) is 2.26. The van der Waals surface area contributed by atoms with Gasteiger partial charge in [0.25, 0.3) is 5.91 Å². The van der Waals surface area contributed by atoms with Crippen molar-refractivity contribution in [1.82, 2.24) is 4.90 Å². The van der Waals surface area contributed by atoms with Crippen LogP contribution in [0.15, 0.2) is 18.2 Å². The van der Waals surface area contributed by atoms with Gasteiger partial charge >= 0.3 is 0 Å². The average molecular weight is 289 g/mol. The molecule has 1 aliphatic rings. The molecule has 1 atom stereocenters. The number of likely N-dealkylation sites (tertiary alicyclic amines) is 1. The van der Waals surface area contributed by atoms with Crippen LogP contribution in [0.3, 0.4) is 0 Å². The Hall–Kier alpha value is -0.770. The van der Waals surface area contributed by atoms with Crippen molar-refractivity contribution >= 4 is 29.9 Å². The van der Waals surface area contributed by atoms with E-state index in [4.69, 9.17) is 17.3 Å². The van der Waals surface area contributed by atoms with Crippen molar-refractivity contribution in [3.05, 3.63) is 34.3 Å². The van der Waals surface area contributed by atoms with Gasteiger partial charge in [-0.15, -0.1) is 12.4 Å². The molecule has 1 aromatic rings. The summed E-state index contributed by atoms with van der Waals surface area (Å²) >= 11 is 5.97. The summed E-state index contributed by atoms with van der Waals surface area (Å²) in [5.74, 6) is 0.0331. The predicted octanol–water partition coefficient (Wildman–Crippen LogP) is 2.63. The first-order valence-corrected chi connectivity index (χ1v) is 6.26. The van der Waals surface area contributed by atoms with Gasteiger partial charge in [0.05, 0.1) is 0 Å². The maximum absolute atomic E-state index is 12.3. The van der Waals surface area contributed by atoms with Crippen molar-refractivity contribution in [2.75, 3.05) is 13.1 Å². The fraction of sp³-hybridized carbons (Fsp3) is 0.462. The molecule has 0 bridgehead atoms. The van der Waals surface area contributed by atoms with Crippen molar-refractivity contribution in [3.63, 3.8) is 0 Å². The number of hydrogen-bond donors (Lipinski definition) is 1. The molecular formula is C13H18Cl2N2O. The number of nitrogens with two attached hydrogens (primary N) is 1. The lowest BCUT2D eigenvalue weighted by Gasteiger charge is -2.30. The molecule has 2 N–H and O–H groups in total. The van der Waals surface area contributed by atoms with E-state index in [1.165, 1.54) is 0 Å². The van der Waals surface area contributed by atoms with Crippen molar-refractivity contribution in [1.29, 1.82) is 0 Å². The van der Waals surface area contributed by atoms with Gasteiger partial charge in [-0.2, -0.15) is 0 Å². The summed E-state index contributed by atoms with van der Waals surface area (Å²) in [6, 6.07) is 5.54. The van der Waals surface area contributed by atoms with E-state index in [1.54, 1.807) is 6.07 Å². The van der Waals surface area contributed by atoms with Gasteiger partial charge in [0.1, 0.15) is 0 Å². The van der Waals surface area contributed by atoms with Crippen LogP contribution in [0, 0.1) is 6.92 Å². The van der Waals surface area contributed by atoms with Gasteiger partial charge in [-0.25, -0.2) is 0 Å². The van der Waals surface area contributed by atoms with Crippen LogP contribution in [0.25, 0.3) is 0 Å². The smallest absolute Gasteiger partial charge is 0.253 e. The van der Waals surface area contributed by atoms with E-state index in [0.717, 1.165) is 24.9 Å². The molecule has 0 unspecified atom stereocenters. The Kier molecular flexibility index (Phi) is 5.45. The molecule has 0 aromatic heterocycles. The molecule has 1 aliphatic heterocycles. The summed E-state index contributed by atoms with van der Waals surface area (Å²) in [5.41, 5.74) is 7.54. The van der Waals surface area contributed by atoms with Crippen LogP contribution in [-0.2, 0) is 0 Å². The van der Waals surface area contributed by atoms with Gasteiger partial charge in [-0.05, 0) is 43.5 Å². The molecule has 1 amide bonds. The lowest BCUT2D eigenvalue weighted by Crippen LogP contribution is -2.45. The highest BCUT2D eigenvalue weighted by molar-refractivity contribution is 6.31. The van der Waals surface area contributed by atoms with Crippen LogP contribution < -0.4 is 5.73 Å². The predicted molar refractivity (Wildman–Crippen MR) is 76.5 cm³/mol. The molecular weight excluding hydrogens is 271 g/mol. The van der Waals surface area contributed by atoms with E-state index < -0.39 is 0 Å². The molecule has 3 nitrogen and oxygen atoms in total. The maximum Gasteiger partial charge on any atom is 0.253 e. The summed E-state index contributed by atoms with van der Waals surface area (Å²) in [4.78, 5) is 14.1. The highest BCUT2D eigenvalue weighted by Crippen LogP contribution is 2.18. The highest BCUT2D eigenvalue weighted by atomic mass is 35.5. The van der Waals surface area contributed by atoms with Crippen LogP contribution in [0.5, 0.6) is 0 Å². The molecule has 1 heterocycles. The first kappa shape index (κ1) is 15.3. The number of rotatable bonds is 1. The number of benzene rings is 1. The number of piperidine rings is 1. The molecule has 1 saturated heterocycles. The summed E-state index contributed by atoms with van der Waals surface area (Å²) in [6.07, 6.45) is 1.98. The summed E-state index contributed by atoms with van der Waals surface area (Å²) < 4.78 is 0. The lowest BCUT2D eigenvalue weighted by atomic mass is 10.0. The first-order valence-electron chi connectivity index (χ1n) is 5.88. The van der Waals surface area contributed by atoms with E-state index in [0.29, 0.717) is 17.1 Å². The van der Waals surface area contributed by atoms with Crippen LogP contribution in [0.2, 0.25) is 5.02 Å². The zero-order valence-electron chi connectivity index (χ0n) is 10.4. The van der Waals surface area contributed by atoms with Gasteiger partial charge in [0.15, 0.2) is 0 Å². The van der Waals surface area contributed by atoms with E-state index in [9.17, 15) is 4.79 Å². The standard InChI is InChI=1S/C13H17ClN2O.ClH/c1-9-5-10(7-11(14)6-9)13(17)16-4-2-3-12(15)8-16;/h5-7,12H,2-4,8,15H2,1H3;1H/t12-;/m1./s1. The van der Waals surface area contributed by atoms with Crippen LogP contribution in [0.1, 0.15) is 28.8 Å². The Bertz CT molecular complexity index is 417. The van der Waals surface area contributed by atoms with Gasteiger partial charge in [-0.1, -0.05) is 11.6 Å². The summed E-state index contributed by atoms with van der Waals surface area (Å²) in [5, 5.41) is 0.606. The second kappa shape index (κ2) is 6.41.